The minimum absolute atomic E-state index is 1.17. The van der Waals surface area contributed by atoms with Crippen LogP contribution in [0.15, 0.2) is 121 Å². The van der Waals surface area contributed by atoms with Gasteiger partial charge in [-0.2, -0.15) is 0 Å². The van der Waals surface area contributed by atoms with Crippen molar-refractivity contribution in [3.05, 3.63) is 121 Å². The SMILES string of the molecule is CN(c1ccccc1)c1ccc(-c2ccc(N(C)c3ccc4ccccc4c3)cc2)cc1. The number of benzene rings is 5. The Labute approximate surface area is 190 Å². The lowest BCUT2D eigenvalue weighted by Gasteiger charge is -2.21. The zero-order chi connectivity index (χ0) is 21.9. The highest BCUT2D eigenvalue weighted by Gasteiger charge is 2.07. The molecule has 0 aliphatic carbocycles. The molecule has 2 nitrogen and oxygen atoms in total. The van der Waals surface area contributed by atoms with Crippen LogP contribution in [0, 0.1) is 0 Å². The first-order chi connectivity index (χ1) is 15.7. The molecule has 5 rings (SSSR count). The lowest BCUT2D eigenvalue weighted by molar-refractivity contribution is 1.21. The van der Waals surface area contributed by atoms with E-state index >= 15 is 0 Å². The van der Waals surface area contributed by atoms with Crippen LogP contribution in [0.4, 0.5) is 22.7 Å². The summed E-state index contributed by atoms with van der Waals surface area (Å²) in [5.41, 5.74) is 7.15. The van der Waals surface area contributed by atoms with Gasteiger partial charge in [-0.25, -0.2) is 0 Å². The van der Waals surface area contributed by atoms with Crippen molar-refractivity contribution in [1.29, 1.82) is 0 Å². The maximum absolute atomic E-state index is 2.24. The van der Waals surface area contributed by atoms with Gasteiger partial charge in [-0.15, -0.1) is 0 Å². The van der Waals surface area contributed by atoms with Crippen molar-refractivity contribution in [2.24, 2.45) is 0 Å². The summed E-state index contributed by atoms with van der Waals surface area (Å²) in [6.45, 7) is 0. The van der Waals surface area contributed by atoms with Gasteiger partial charge in [0, 0.05) is 36.8 Å². The predicted molar refractivity (Wildman–Crippen MR) is 138 cm³/mol. The van der Waals surface area contributed by atoms with E-state index in [-0.39, 0.29) is 0 Å². The van der Waals surface area contributed by atoms with Gasteiger partial charge in [0.15, 0.2) is 0 Å². The van der Waals surface area contributed by atoms with Crippen molar-refractivity contribution >= 4 is 33.5 Å². The quantitative estimate of drug-likeness (QED) is 0.287. The Balaban J connectivity index is 1.34. The topological polar surface area (TPSA) is 6.48 Å². The van der Waals surface area contributed by atoms with E-state index in [0.29, 0.717) is 0 Å². The fraction of sp³-hybridized carbons (Fsp3) is 0.0667. The molecule has 0 fully saturated rings. The minimum Gasteiger partial charge on any atom is -0.345 e. The van der Waals surface area contributed by atoms with Crippen molar-refractivity contribution in [2.75, 3.05) is 23.9 Å². The van der Waals surface area contributed by atoms with E-state index in [1.807, 2.05) is 6.07 Å². The van der Waals surface area contributed by atoms with Gasteiger partial charge >= 0.3 is 0 Å². The van der Waals surface area contributed by atoms with E-state index in [0.717, 1.165) is 0 Å². The van der Waals surface area contributed by atoms with Crippen LogP contribution >= 0.6 is 0 Å². The number of hydrogen-bond acceptors (Lipinski definition) is 2. The second-order valence-corrected chi connectivity index (χ2v) is 8.08. The molecule has 0 atom stereocenters. The first-order valence-corrected chi connectivity index (χ1v) is 10.9. The van der Waals surface area contributed by atoms with Crippen LogP contribution in [0.1, 0.15) is 0 Å². The molecule has 0 spiro atoms. The van der Waals surface area contributed by atoms with E-state index in [9.17, 15) is 0 Å². The van der Waals surface area contributed by atoms with Crippen LogP contribution in [0.5, 0.6) is 0 Å². The number of fused-ring (bicyclic) bond motifs is 1. The summed E-state index contributed by atoms with van der Waals surface area (Å²) in [5.74, 6) is 0. The largest absolute Gasteiger partial charge is 0.345 e. The van der Waals surface area contributed by atoms with Crippen molar-refractivity contribution in [3.8, 4) is 11.1 Å². The minimum atomic E-state index is 1.17. The molecule has 0 radical (unpaired) electrons. The second kappa shape index (κ2) is 8.60. The molecule has 0 amide bonds. The van der Waals surface area contributed by atoms with E-state index in [2.05, 4.69) is 139 Å². The van der Waals surface area contributed by atoms with Crippen LogP contribution in [0.2, 0.25) is 0 Å². The molecule has 5 aromatic carbocycles. The van der Waals surface area contributed by atoms with Crippen LogP contribution in [0.3, 0.4) is 0 Å². The van der Waals surface area contributed by atoms with Gasteiger partial charge in [0.2, 0.25) is 0 Å². The first kappa shape index (κ1) is 19.9. The molecule has 0 aromatic heterocycles. The molecule has 2 heteroatoms. The van der Waals surface area contributed by atoms with Crippen LogP contribution in [0.25, 0.3) is 21.9 Å². The van der Waals surface area contributed by atoms with Gasteiger partial charge in [-0.1, -0.05) is 72.8 Å². The van der Waals surface area contributed by atoms with Gasteiger partial charge in [-0.05, 0) is 70.4 Å². The standard InChI is InChI=1S/C30H26N2/c1-31(27-10-4-3-5-11-27)28-17-12-24(13-18-28)25-14-19-29(20-15-25)32(2)30-21-16-23-8-6-7-9-26(23)22-30/h3-22H,1-2H3. The predicted octanol–water partition coefficient (Wildman–Crippen LogP) is 8.04. The first-order valence-electron chi connectivity index (χ1n) is 10.9. The van der Waals surface area contributed by atoms with Gasteiger partial charge in [0.1, 0.15) is 0 Å². The van der Waals surface area contributed by atoms with Crippen LogP contribution in [-0.2, 0) is 0 Å². The fourth-order valence-corrected chi connectivity index (χ4v) is 4.09. The zero-order valence-corrected chi connectivity index (χ0v) is 18.4. The number of para-hydroxylation sites is 1. The Bertz CT molecular complexity index is 1320. The summed E-state index contributed by atoms with van der Waals surface area (Å²) in [4.78, 5) is 4.43. The van der Waals surface area contributed by atoms with Crippen molar-refractivity contribution in [2.45, 2.75) is 0 Å². The molecule has 0 N–H and O–H groups in total. The molecule has 5 aromatic rings. The second-order valence-electron chi connectivity index (χ2n) is 8.08. The van der Waals surface area contributed by atoms with Crippen LogP contribution < -0.4 is 9.80 Å². The number of hydrogen-bond donors (Lipinski definition) is 0. The molecular weight excluding hydrogens is 388 g/mol. The van der Waals surface area contributed by atoms with Gasteiger partial charge in [0.25, 0.3) is 0 Å². The Hall–Kier alpha value is -4.04. The van der Waals surface area contributed by atoms with E-state index < -0.39 is 0 Å². The maximum Gasteiger partial charge on any atom is 0.0414 e. The van der Waals surface area contributed by atoms with Crippen molar-refractivity contribution in [3.63, 3.8) is 0 Å². The molecule has 0 heterocycles. The summed E-state index contributed by atoms with van der Waals surface area (Å²) >= 11 is 0. The average molecular weight is 415 g/mol. The van der Waals surface area contributed by atoms with Crippen LogP contribution in [-0.4, -0.2) is 14.1 Å². The molecule has 0 bridgehead atoms. The van der Waals surface area contributed by atoms with Gasteiger partial charge in [0.05, 0.1) is 0 Å². The van der Waals surface area contributed by atoms with E-state index in [1.54, 1.807) is 0 Å². The smallest absolute Gasteiger partial charge is 0.0414 e. The third-order valence-corrected chi connectivity index (χ3v) is 6.11. The third-order valence-electron chi connectivity index (χ3n) is 6.11. The molecule has 0 saturated carbocycles. The lowest BCUT2D eigenvalue weighted by Crippen LogP contribution is -2.09. The molecule has 32 heavy (non-hydrogen) atoms. The highest BCUT2D eigenvalue weighted by Crippen LogP contribution is 2.31. The normalized spacial score (nSPS) is 10.8. The summed E-state index contributed by atoms with van der Waals surface area (Å²) in [7, 11) is 4.22. The Morgan fingerprint density at radius 3 is 1.41 bits per heavy atom. The Morgan fingerprint density at radius 2 is 0.812 bits per heavy atom. The average Bonchev–Trinajstić information content (AvgIpc) is 2.88. The summed E-state index contributed by atoms with van der Waals surface area (Å²) in [6.07, 6.45) is 0. The number of rotatable bonds is 5. The Morgan fingerprint density at radius 1 is 0.375 bits per heavy atom. The molecule has 156 valence electrons. The maximum atomic E-state index is 2.24. The Kier molecular flexibility index (Phi) is 5.35. The van der Waals surface area contributed by atoms with Crippen molar-refractivity contribution < 1.29 is 0 Å². The molecule has 0 saturated heterocycles. The number of anilines is 4. The van der Waals surface area contributed by atoms with Crippen molar-refractivity contribution in [1.82, 2.24) is 0 Å². The summed E-state index contributed by atoms with van der Waals surface area (Å²) in [5, 5.41) is 2.52. The fourth-order valence-electron chi connectivity index (χ4n) is 4.09. The monoisotopic (exact) mass is 414 g/mol. The van der Waals surface area contributed by atoms with Gasteiger partial charge < -0.3 is 9.80 Å². The van der Waals surface area contributed by atoms with E-state index in [1.165, 1.54) is 44.6 Å². The van der Waals surface area contributed by atoms with E-state index in [4.69, 9.17) is 0 Å². The summed E-state index contributed by atoms with van der Waals surface area (Å²) < 4.78 is 0. The highest BCUT2D eigenvalue weighted by atomic mass is 15.1. The van der Waals surface area contributed by atoms with Gasteiger partial charge in [-0.3, -0.25) is 0 Å². The zero-order valence-electron chi connectivity index (χ0n) is 18.4. The molecule has 0 aliphatic heterocycles. The number of nitrogens with zero attached hydrogens (tertiary/aromatic N) is 2. The molecule has 0 aliphatic rings. The lowest BCUT2D eigenvalue weighted by atomic mass is 10.0. The summed E-state index contributed by atoms with van der Waals surface area (Å²) in [6, 6.07) is 43.0. The molecular formula is C30H26N2. The molecule has 0 unspecified atom stereocenters. The highest BCUT2D eigenvalue weighted by molar-refractivity contribution is 5.87. The third kappa shape index (κ3) is 3.95.